The smallest absolute Gasteiger partial charge is 0.179 e. The molecule has 11 rings (SSSR count). The summed E-state index contributed by atoms with van der Waals surface area (Å²) in [6.07, 6.45) is 2.40. The van der Waals surface area contributed by atoms with Gasteiger partial charge in [0.15, 0.2) is 8.07 Å². The van der Waals surface area contributed by atoms with Gasteiger partial charge in [-0.3, -0.25) is 0 Å². The number of nitrogens with zero attached hydrogens (tertiary/aromatic N) is 1. The number of aromatic nitrogens is 1. The summed E-state index contributed by atoms with van der Waals surface area (Å²) < 4.78 is 5.15. The predicted molar refractivity (Wildman–Crippen MR) is 258 cm³/mol. The Bertz CT molecular complexity index is 3160. The lowest BCUT2D eigenvalue weighted by molar-refractivity contribution is 0.332. The quantitative estimate of drug-likeness (QED) is 0.117. The number of hydrogen-bond acceptors (Lipinski definition) is 1. The lowest BCUT2D eigenvalue weighted by Gasteiger charge is -2.43. The molecule has 0 amide bonds. The zero-order chi connectivity index (χ0) is 39.9. The van der Waals surface area contributed by atoms with Crippen LogP contribution >= 0.6 is 11.3 Å². The molecule has 286 valence electrons. The van der Waals surface area contributed by atoms with Crippen LogP contribution in [0.4, 0.5) is 0 Å². The topological polar surface area (TPSA) is 4.93 Å². The van der Waals surface area contributed by atoms with Gasteiger partial charge in [0.2, 0.25) is 0 Å². The van der Waals surface area contributed by atoms with Crippen molar-refractivity contribution < 1.29 is 0 Å². The van der Waals surface area contributed by atoms with Crippen molar-refractivity contribution >= 4 is 82.1 Å². The fourth-order valence-corrected chi connectivity index (χ4v) is 16.4. The van der Waals surface area contributed by atoms with Crippen molar-refractivity contribution in [2.45, 2.75) is 51.4 Å². The fourth-order valence-electron chi connectivity index (χ4n) is 10.5. The Balaban J connectivity index is 1.10. The maximum atomic E-state index is 2.63. The Hall–Kier alpha value is -6.00. The van der Waals surface area contributed by atoms with Gasteiger partial charge in [-0.05, 0) is 103 Å². The van der Waals surface area contributed by atoms with Gasteiger partial charge in [-0.2, -0.15) is 0 Å². The third-order valence-electron chi connectivity index (χ3n) is 13.6. The van der Waals surface area contributed by atoms with Crippen molar-refractivity contribution in [1.82, 2.24) is 4.57 Å². The van der Waals surface area contributed by atoms with Crippen LogP contribution in [0, 0.1) is 0 Å². The molecule has 0 spiro atoms. The van der Waals surface area contributed by atoms with E-state index in [-0.39, 0.29) is 10.8 Å². The third-order valence-corrected chi connectivity index (χ3v) is 19.6. The van der Waals surface area contributed by atoms with E-state index in [1.807, 2.05) is 11.3 Å². The highest BCUT2D eigenvalue weighted by Gasteiger charge is 2.44. The predicted octanol–water partition coefficient (Wildman–Crippen LogP) is 12.5. The van der Waals surface area contributed by atoms with Crippen molar-refractivity contribution in [2.75, 3.05) is 0 Å². The molecule has 0 saturated heterocycles. The molecule has 59 heavy (non-hydrogen) atoms. The van der Waals surface area contributed by atoms with E-state index in [0.29, 0.717) is 0 Å². The Kier molecular flexibility index (Phi) is 8.28. The Morgan fingerprint density at radius 2 is 1.02 bits per heavy atom. The first kappa shape index (κ1) is 36.1. The van der Waals surface area contributed by atoms with Gasteiger partial charge >= 0.3 is 0 Å². The second-order valence-corrected chi connectivity index (χ2v) is 22.8. The average molecular weight is 794 g/mol. The fraction of sp³-hybridized carbons (Fsp3) is 0.143. The molecule has 0 radical (unpaired) electrons. The number of para-hydroxylation sites is 1. The molecule has 0 unspecified atom stereocenters. The number of rotatable bonds is 6. The van der Waals surface area contributed by atoms with Crippen LogP contribution < -0.4 is 20.7 Å². The molecule has 0 saturated carbocycles. The number of fused-ring (bicyclic) bond motifs is 7. The highest BCUT2D eigenvalue weighted by molar-refractivity contribution is 7.26. The number of thiophene rings is 1. The molecule has 0 bridgehead atoms. The minimum Gasteiger partial charge on any atom is -0.309 e. The standard InChI is InChI=1S/C56H47NSSi/c1-55(2)34-35-56(3,4)50-37-43(31-32-49(50)55)59(40-16-7-5-8-17-40,41-18-9-6-10-19-41)42-29-27-39(28-30-42)57-51-24-13-11-20-45(51)48-36-38(26-33-52(48)57)44-22-15-23-47-46-21-12-14-25-53(46)58-54(44)47/h5-33,36-37H,34-35H2,1-4H3. The zero-order valence-corrected chi connectivity index (χ0v) is 36.0. The van der Waals surface area contributed by atoms with Crippen molar-refractivity contribution in [3.63, 3.8) is 0 Å². The van der Waals surface area contributed by atoms with Gasteiger partial charge in [0.25, 0.3) is 0 Å². The van der Waals surface area contributed by atoms with Gasteiger partial charge in [0.05, 0.1) is 11.0 Å². The summed E-state index contributed by atoms with van der Waals surface area (Å²) in [4.78, 5) is 0. The van der Waals surface area contributed by atoms with Gasteiger partial charge in [-0.25, -0.2) is 0 Å². The lowest BCUT2D eigenvalue weighted by Crippen LogP contribution is -2.74. The minimum atomic E-state index is -2.77. The summed E-state index contributed by atoms with van der Waals surface area (Å²) in [5.41, 5.74) is 9.46. The van der Waals surface area contributed by atoms with Gasteiger partial charge < -0.3 is 4.57 Å². The van der Waals surface area contributed by atoms with E-state index >= 15 is 0 Å². The summed E-state index contributed by atoms with van der Waals surface area (Å²) >= 11 is 1.90. The van der Waals surface area contributed by atoms with E-state index in [0.717, 1.165) is 0 Å². The first-order valence-corrected chi connectivity index (χ1v) is 23.9. The highest BCUT2D eigenvalue weighted by atomic mass is 32.1. The van der Waals surface area contributed by atoms with Gasteiger partial charge in [0, 0.05) is 36.6 Å². The average Bonchev–Trinajstić information content (AvgIpc) is 3.82. The SMILES string of the molecule is CC1(C)CCC(C)(C)c2cc([Si](c3ccccc3)(c3ccccc3)c3ccc(-n4c5ccccc5c5cc(-c6cccc7c6sc6ccccc67)ccc54)cc3)ccc21. The maximum Gasteiger partial charge on any atom is 0.179 e. The second kappa shape index (κ2) is 13.5. The van der Waals surface area contributed by atoms with Crippen LogP contribution in [0.3, 0.4) is 0 Å². The normalized spacial score (nSPS) is 14.9. The van der Waals surface area contributed by atoms with Crippen molar-refractivity contribution in [2.24, 2.45) is 0 Å². The van der Waals surface area contributed by atoms with E-state index in [1.165, 1.54) is 104 Å². The van der Waals surface area contributed by atoms with Crippen molar-refractivity contribution in [1.29, 1.82) is 0 Å². The molecular weight excluding hydrogens is 747 g/mol. The third kappa shape index (κ3) is 5.55. The second-order valence-electron chi connectivity index (χ2n) is 17.9. The van der Waals surface area contributed by atoms with Crippen molar-refractivity contribution in [3.05, 3.63) is 199 Å². The highest BCUT2D eigenvalue weighted by Crippen LogP contribution is 2.46. The molecule has 0 aliphatic heterocycles. The van der Waals surface area contributed by atoms with Gasteiger partial charge in [0.1, 0.15) is 0 Å². The van der Waals surface area contributed by atoms with Crippen LogP contribution in [-0.2, 0) is 10.8 Å². The van der Waals surface area contributed by atoms with Crippen LogP contribution in [0.1, 0.15) is 51.7 Å². The first-order chi connectivity index (χ1) is 28.7. The van der Waals surface area contributed by atoms with E-state index < -0.39 is 8.07 Å². The Morgan fingerprint density at radius 1 is 0.441 bits per heavy atom. The Morgan fingerprint density at radius 3 is 1.75 bits per heavy atom. The monoisotopic (exact) mass is 793 g/mol. The molecule has 2 aromatic heterocycles. The first-order valence-electron chi connectivity index (χ1n) is 21.1. The zero-order valence-electron chi connectivity index (χ0n) is 34.2. The van der Waals surface area contributed by atoms with Crippen molar-refractivity contribution in [3.8, 4) is 16.8 Å². The van der Waals surface area contributed by atoms with Crippen LogP contribution in [-0.4, -0.2) is 12.6 Å². The van der Waals surface area contributed by atoms with E-state index in [1.54, 1.807) is 0 Å². The van der Waals surface area contributed by atoms with E-state index in [2.05, 4.69) is 220 Å². The number of hydrogen-bond donors (Lipinski definition) is 0. The van der Waals surface area contributed by atoms with Crippen LogP contribution in [0.15, 0.2) is 188 Å². The molecular formula is C56H47NSSi. The lowest BCUT2D eigenvalue weighted by atomic mass is 9.63. The molecule has 1 aliphatic carbocycles. The number of benzene rings is 8. The Labute approximate surface area is 352 Å². The molecule has 3 heteroatoms. The minimum absolute atomic E-state index is 0.110. The molecule has 0 N–H and O–H groups in total. The summed E-state index contributed by atoms with van der Waals surface area (Å²) in [5, 5.41) is 10.9. The van der Waals surface area contributed by atoms with Gasteiger partial charge in [-0.15, -0.1) is 11.3 Å². The van der Waals surface area contributed by atoms with Crippen LogP contribution in [0.25, 0.3) is 58.8 Å². The molecule has 8 aromatic carbocycles. The largest absolute Gasteiger partial charge is 0.309 e. The van der Waals surface area contributed by atoms with Gasteiger partial charge in [-0.1, -0.05) is 179 Å². The molecule has 2 heterocycles. The molecule has 0 fully saturated rings. The summed E-state index contributed by atoms with van der Waals surface area (Å²) in [5.74, 6) is 0. The summed E-state index contributed by atoms with van der Waals surface area (Å²) in [6.45, 7) is 9.76. The molecule has 1 nitrogen and oxygen atoms in total. The molecule has 10 aromatic rings. The maximum absolute atomic E-state index is 2.77. The van der Waals surface area contributed by atoms with E-state index in [4.69, 9.17) is 0 Å². The van der Waals surface area contributed by atoms with Crippen LogP contribution in [0.5, 0.6) is 0 Å². The summed E-state index contributed by atoms with van der Waals surface area (Å²) in [6, 6.07) is 71.6. The van der Waals surface area contributed by atoms with Crippen LogP contribution in [0.2, 0.25) is 0 Å². The summed E-state index contributed by atoms with van der Waals surface area (Å²) in [7, 11) is -2.77. The molecule has 1 aliphatic rings. The van der Waals surface area contributed by atoms with E-state index in [9.17, 15) is 0 Å². The molecule has 0 atom stereocenters.